The van der Waals surface area contributed by atoms with Gasteiger partial charge < -0.3 is 10.6 Å². The largest absolute Gasteiger partial charge is 0.364 e. The first kappa shape index (κ1) is 16.2. The standard InChI is InChI=1S/C15H16ClFN4O/c1-15(2,3)19-12-8-7-11(20-21-12)18-14(22)13-9(16)5-4-6-10(13)17/h4-8H,1-3H3,(H,19,21)(H,18,20,22). The fourth-order valence-electron chi connectivity index (χ4n) is 1.74. The van der Waals surface area contributed by atoms with E-state index in [0.29, 0.717) is 5.82 Å². The van der Waals surface area contributed by atoms with Crippen LogP contribution in [0.1, 0.15) is 31.1 Å². The van der Waals surface area contributed by atoms with Gasteiger partial charge in [0.05, 0.1) is 10.6 Å². The summed E-state index contributed by atoms with van der Waals surface area (Å²) >= 11 is 5.84. The van der Waals surface area contributed by atoms with Gasteiger partial charge in [-0.3, -0.25) is 4.79 Å². The van der Waals surface area contributed by atoms with Crippen molar-refractivity contribution in [3.05, 3.63) is 46.7 Å². The molecule has 2 aromatic rings. The average molecular weight is 323 g/mol. The third-order valence-corrected chi connectivity index (χ3v) is 2.91. The third-order valence-electron chi connectivity index (χ3n) is 2.60. The molecule has 7 heteroatoms. The van der Waals surface area contributed by atoms with Gasteiger partial charge in [0.25, 0.3) is 5.91 Å². The molecule has 0 aliphatic carbocycles. The first-order valence-corrected chi connectivity index (χ1v) is 7.01. The van der Waals surface area contributed by atoms with Crippen LogP contribution >= 0.6 is 11.6 Å². The Labute approximate surface area is 132 Å². The molecule has 0 bridgehead atoms. The molecule has 0 atom stereocenters. The van der Waals surface area contributed by atoms with E-state index in [4.69, 9.17) is 11.6 Å². The SMILES string of the molecule is CC(C)(C)Nc1ccc(NC(=O)c2c(F)cccc2Cl)nn1. The molecule has 22 heavy (non-hydrogen) atoms. The summed E-state index contributed by atoms with van der Waals surface area (Å²) < 4.78 is 13.7. The second-order valence-electron chi connectivity index (χ2n) is 5.73. The maximum absolute atomic E-state index is 13.7. The van der Waals surface area contributed by atoms with Crippen LogP contribution in [0.2, 0.25) is 5.02 Å². The fraction of sp³-hybridized carbons (Fsp3) is 0.267. The summed E-state index contributed by atoms with van der Waals surface area (Å²) in [5, 5.41) is 13.5. The van der Waals surface area contributed by atoms with Crippen LogP contribution in [0, 0.1) is 5.82 Å². The molecule has 2 rings (SSSR count). The molecule has 0 aliphatic rings. The zero-order chi connectivity index (χ0) is 16.3. The van der Waals surface area contributed by atoms with Gasteiger partial charge in [0.15, 0.2) is 5.82 Å². The van der Waals surface area contributed by atoms with Gasteiger partial charge in [-0.05, 0) is 45.0 Å². The molecule has 1 heterocycles. The highest BCUT2D eigenvalue weighted by Gasteiger charge is 2.16. The Morgan fingerprint density at radius 1 is 1.14 bits per heavy atom. The van der Waals surface area contributed by atoms with Crippen LogP contribution in [-0.4, -0.2) is 21.6 Å². The number of nitrogens with one attached hydrogen (secondary N) is 2. The number of anilines is 2. The number of aromatic nitrogens is 2. The molecule has 5 nitrogen and oxygen atoms in total. The lowest BCUT2D eigenvalue weighted by Gasteiger charge is -2.20. The highest BCUT2D eigenvalue weighted by molar-refractivity contribution is 6.34. The highest BCUT2D eigenvalue weighted by Crippen LogP contribution is 2.20. The molecular formula is C15H16ClFN4O. The predicted octanol–water partition coefficient (Wildman–Crippen LogP) is 3.73. The smallest absolute Gasteiger partial charge is 0.261 e. The highest BCUT2D eigenvalue weighted by atomic mass is 35.5. The Hall–Kier alpha value is -2.21. The summed E-state index contributed by atoms with van der Waals surface area (Å²) in [7, 11) is 0. The van der Waals surface area contributed by atoms with Crippen LogP contribution in [0.5, 0.6) is 0 Å². The van der Waals surface area contributed by atoms with Crippen LogP contribution in [0.4, 0.5) is 16.0 Å². The quantitative estimate of drug-likeness (QED) is 0.903. The van der Waals surface area contributed by atoms with Gasteiger partial charge in [-0.1, -0.05) is 17.7 Å². The summed E-state index contributed by atoms with van der Waals surface area (Å²) in [6, 6.07) is 7.30. The first-order valence-electron chi connectivity index (χ1n) is 6.63. The van der Waals surface area contributed by atoms with Crippen molar-refractivity contribution in [1.29, 1.82) is 0 Å². The maximum Gasteiger partial charge on any atom is 0.261 e. The topological polar surface area (TPSA) is 66.9 Å². The number of halogens is 2. The summed E-state index contributed by atoms with van der Waals surface area (Å²) in [6.45, 7) is 5.97. The molecule has 0 saturated carbocycles. The van der Waals surface area contributed by atoms with Crippen molar-refractivity contribution in [2.45, 2.75) is 26.3 Å². The molecule has 1 amide bonds. The zero-order valence-corrected chi connectivity index (χ0v) is 13.2. The number of carbonyl (C=O) groups is 1. The Balaban J connectivity index is 2.12. The number of benzene rings is 1. The minimum atomic E-state index is -0.691. The van der Waals surface area contributed by atoms with Crippen LogP contribution in [0.15, 0.2) is 30.3 Å². The lowest BCUT2D eigenvalue weighted by molar-refractivity contribution is 0.102. The molecule has 0 radical (unpaired) electrons. The minimum Gasteiger partial charge on any atom is -0.364 e. The predicted molar refractivity (Wildman–Crippen MR) is 84.8 cm³/mol. The van der Waals surface area contributed by atoms with Crippen LogP contribution in [0.25, 0.3) is 0 Å². The van der Waals surface area contributed by atoms with Crippen LogP contribution in [0.3, 0.4) is 0 Å². The number of hydrogen-bond acceptors (Lipinski definition) is 4. The molecule has 116 valence electrons. The summed E-state index contributed by atoms with van der Waals surface area (Å²) in [5.41, 5.74) is -0.372. The Bertz CT molecular complexity index is 663. The molecule has 2 N–H and O–H groups in total. The van der Waals surface area contributed by atoms with E-state index in [1.165, 1.54) is 18.2 Å². The fourth-order valence-corrected chi connectivity index (χ4v) is 1.99. The van der Waals surface area contributed by atoms with E-state index in [2.05, 4.69) is 20.8 Å². The van der Waals surface area contributed by atoms with E-state index in [1.54, 1.807) is 12.1 Å². The monoisotopic (exact) mass is 322 g/mol. The number of hydrogen-bond donors (Lipinski definition) is 2. The van der Waals surface area contributed by atoms with Gasteiger partial charge in [-0.2, -0.15) is 0 Å². The number of rotatable bonds is 3. The second-order valence-corrected chi connectivity index (χ2v) is 6.14. The minimum absolute atomic E-state index is 0.0384. The Morgan fingerprint density at radius 2 is 1.77 bits per heavy atom. The lowest BCUT2D eigenvalue weighted by Crippen LogP contribution is -2.27. The van der Waals surface area contributed by atoms with E-state index < -0.39 is 11.7 Å². The van der Waals surface area contributed by atoms with Crippen molar-refractivity contribution >= 4 is 29.1 Å². The van der Waals surface area contributed by atoms with Gasteiger partial charge in [0.2, 0.25) is 0 Å². The maximum atomic E-state index is 13.7. The van der Waals surface area contributed by atoms with Crippen molar-refractivity contribution in [2.24, 2.45) is 0 Å². The molecule has 0 fully saturated rings. The van der Waals surface area contributed by atoms with Gasteiger partial charge in [-0.15, -0.1) is 10.2 Å². The third kappa shape index (κ3) is 4.14. The average Bonchev–Trinajstić information content (AvgIpc) is 2.39. The van der Waals surface area contributed by atoms with Crippen LogP contribution < -0.4 is 10.6 Å². The van der Waals surface area contributed by atoms with Gasteiger partial charge in [-0.25, -0.2) is 4.39 Å². The van der Waals surface area contributed by atoms with E-state index in [0.717, 1.165) is 0 Å². The molecule has 0 aliphatic heterocycles. The number of amides is 1. The summed E-state index contributed by atoms with van der Waals surface area (Å²) in [6.07, 6.45) is 0. The molecule has 0 spiro atoms. The van der Waals surface area contributed by atoms with Crippen LogP contribution in [-0.2, 0) is 0 Å². The first-order chi connectivity index (χ1) is 10.3. The lowest BCUT2D eigenvalue weighted by atomic mass is 10.1. The molecular weight excluding hydrogens is 307 g/mol. The van der Waals surface area contributed by atoms with Crippen molar-refractivity contribution in [3.8, 4) is 0 Å². The van der Waals surface area contributed by atoms with E-state index in [-0.39, 0.29) is 21.9 Å². The normalized spacial score (nSPS) is 11.1. The number of carbonyl (C=O) groups excluding carboxylic acids is 1. The van der Waals surface area contributed by atoms with Gasteiger partial charge in [0, 0.05) is 5.54 Å². The van der Waals surface area contributed by atoms with Gasteiger partial charge in [0.1, 0.15) is 11.6 Å². The van der Waals surface area contributed by atoms with Gasteiger partial charge >= 0.3 is 0 Å². The van der Waals surface area contributed by atoms with Crippen molar-refractivity contribution in [2.75, 3.05) is 10.6 Å². The zero-order valence-electron chi connectivity index (χ0n) is 12.4. The molecule has 1 aromatic heterocycles. The molecule has 0 unspecified atom stereocenters. The Kier molecular flexibility index (Phi) is 4.61. The van der Waals surface area contributed by atoms with E-state index >= 15 is 0 Å². The van der Waals surface area contributed by atoms with Crippen molar-refractivity contribution in [1.82, 2.24) is 10.2 Å². The molecule has 1 aromatic carbocycles. The number of nitrogens with zero attached hydrogens (tertiary/aromatic N) is 2. The summed E-state index contributed by atoms with van der Waals surface area (Å²) in [5.74, 6) is -0.573. The van der Waals surface area contributed by atoms with Crippen molar-refractivity contribution < 1.29 is 9.18 Å². The van der Waals surface area contributed by atoms with E-state index in [1.807, 2.05) is 20.8 Å². The Morgan fingerprint density at radius 3 is 2.32 bits per heavy atom. The summed E-state index contributed by atoms with van der Waals surface area (Å²) in [4.78, 5) is 12.1. The van der Waals surface area contributed by atoms with Crippen molar-refractivity contribution in [3.63, 3.8) is 0 Å². The second kappa shape index (κ2) is 6.27. The van der Waals surface area contributed by atoms with E-state index in [9.17, 15) is 9.18 Å². The molecule has 0 saturated heterocycles.